The Labute approximate surface area is 121 Å². The average molecular weight is 282 g/mol. The lowest BCUT2D eigenvalue weighted by molar-refractivity contribution is 0.156. The van der Waals surface area contributed by atoms with Crippen molar-refractivity contribution in [3.63, 3.8) is 0 Å². The molecule has 3 heteroatoms. The second-order valence-electron chi connectivity index (χ2n) is 5.77. The van der Waals surface area contributed by atoms with Crippen LogP contribution in [-0.4, -0.2) is 23.1 Å². The lowest BCUT2D eigenvalue weighted by Gasteiger charge is -2.34. The molecule has 0 atom stereocenters. The molecule has 2 nitrogen and oxygen atoms in total. The summed E-state index contributed by atoms with van der Waals surface area (Å²) in [6.45, 7) is 3.06. The minimum Gasteiger partial charge on any atom is -0.508 e. The van der Waals surface area contributed by atoms with Crippen LogP contribution in [-0.2, 0) is 6.54 Å². The Hall–Kier alpha value is -0.730. The van der Waals surface area contributed by atoms with Gasteiger partial charge in [0.2, 0.25) is 0 Å². The zero-order valence-corrected chi connectivity index (χ0v) is 12.7. The van der Waals surface area contributed by atoms with Gasteiger partial charge in [-0.05, 0) is 56.8 Å². The van der Waals surface area contributed by atoms with E-state index in [1.165, 1.54) is 32.1 Å². The van der Waals surface area contributed by atoms with Crippen LogP contribution >= 0.6 is 11.6 Å². The number of rotatable bonds is 4. The van der Waals surface area contributed by atoms with Gasteiger partial charge in [0.25, 0.3) is 0 Å². The minimum atomic E-state index is 0.346. The minimum absolute atomic E-state index is 0.346. The number of hydrogen-bond acceptors (Lipinski definition) is 2. The van der Waals surface area contributed by atoms with Crippen molar-refractivity contribution in [2.45, 2.75) is 51.6 Å². The quantitative estimate of drug-likeness (QED) is 0.881. The second-order valence-corrected chi connectivity index (χ2v) is 6.21. The van der Waals surface area contributed by atoms with Crippen molar-refractivity contribution in [1.29, 1.82) is 0 Å². The van der Waals surface area contributed by atoms with E-state index in [0.717, 1.165) is 18.0 Å². The number of phenolic OH excluding ortho intramolecular Hbond substituents is 1. The molecule has 0 unspecified atom stereocenters. The Morgan fingerprint density at radius 2 is 1.95 bits per heavy atom. The van der Waals surface area contributed by atoms with Crippen molar-refractivity contribution in [1.82, 2.24) is 4.90 Å². The molecule has 1 aliphatic rings. The van der Waals surface area contributed by atoms with E-state index in [0.29, 0.717) is 16.8 Å². The molecule has 0 amide bonds. The maximum absolute atomic E-state index is 9.88. The molecule has 1 aliphatic carbocycles. The Morgan fingerprint density at radius 3 is 2.58 bits per heavy atom. The highest BCUT2D eigenvalue weighted by atomic mass is 35.5. The smallest absolute Gasteiger partial charge is 0.120 e. The van der Waals surface area contributed by atoms with E-state index in [1.54, 1.807) is 12.1 Å². The number of benzene rings is 1. The van der Waals surface area contributed by atoms with Crippen molar-refractivity contribution in [3.05, 3.63) is 28.8 Å². The Balaban J connectivity index is 1.94. The molecule has 1 fully saturated rings. The highest BCUT2D eigenvalue weighted by molar-refractivity contribution is 6.30. The van der Waals surface area contributed by atoms with Crippen molar-refractivity contribution in [3.8, 4) is 5.75 Å². The maximum atomic E-state index is 9.88. The Kier molecular flexibility index (Phi) is 5.12. The summed E-state index contributed by atoms with van der Waals surface area (Å²) in [4.78, 5) is 2.36. The van der Waals surface area contributed by atoms with E-state index in [1.807, 2.05) is 6.07 Å². The molecule has 1 N–H and O–H groups in total. The van der Waals surface area contributed by atoms with Gasteiger partial charge in [-0.2, -0.15) is 0 Å². The fourth-order valence-corrected chi connectivity index (χ4v) is 3.27. The second kappa shape index (κ2) is 6.62. The summed E-state index contributed by atoms with van der Waals surface area (Å²) in [5.74, 6) is 1.27. The van der Waals surface area contributed by atoms with Gasteiger partial charge in [-0.15, -0.1) is 0 Å². The van der Waals surface area contributed by atoms with Crippen LogP contribution in [0.15, 0.2) is 18.2 Å². The molecular weight excluding hydrogens is 258 g/mol. The molecule has 106 valence electrons. The van der Waals surface area contributed by atoms with Crippen LogP contribution in [0.4, 0.5) is 0 Å². The largest absolute Gasteiger partial charge is 0.508 e. The first-order chi connectivity index (χ1) is 9.10. The molecule has 1 saturated carbocycles. The predicted octanol–water partition coefficient (Wildman–Crippen LogP) is 4.45. The Bertz CT molecular complexity index is 413. The summed E-state index contributed by atoms with van der Waals surface area (Å²) in [6, 6.07) is 5.92. The van der Waals surface area contributed by atoms with Crippen LogP contribution in [0.1, 0.15) is 44.6 Å². The third kappa shape index (κ3) is 3.87. The van der Waals surface area contributed by atoms with Gasteiger partial charge < -0.3 is 5.11 Å². The highest BCUT2D eigenvalue weighted by Crippen LogP contribution is 2.30. The topological polar surface area (TPSA) is 23.5 Å². The number of aromatic hydroxyl groups is 1. The maximum Gasteiger partial charge on any atom is 0.120 e. The zero-order valence-electron chi connectivity index (χ0n) is 11.9. The molecule has 0 aliphatic heterocycles. The van der Waals surface area contributed by atoms with Gasteiger partial charge in [0.05, 0.1) is 0 Å². The monoisotopic (exact) mass is 281 g/mol. The average Bonchev–Trinajstić information content (AvgIpc) is 2.43. The SMILES string of the molecule is CCC1CCC(N(C)Cc2cc(Cl)ccc2O)CC1. The number of halogens is 1. The van der Waals surface area contributed by atoms with Crippen molar-refractivity contribution < 1.29 is 5.11 Å². The van der Waals surface area contributed by atoms with Crippen LogP contribution in [0, 0.1) is 5.92 Å². The molecule has 0 spiro atoms. The van der Waals surface area contributed by atoms with Crippen LogP contribution < -0.4 is 0 Å². The van der Waals surface area contributed by atoms with Crippen LogP contribution in [0.5, 0.6) is 5.75 Å². The van der Waals surface area contributed by atoms with Gasteiger partial charge in [-0.25, -0.2) is 0 Å². The van der Waals surface area contributed by atoms with Crippen molar-refractivity contribution in [2.24, 2.45) is 5.92 Å². The third-order valence-corrected chi connectivity index (χ3v) is 4.71. The van der Waals surface area contributed by atoms with Crippen molar-refractivity contribution in [2.75, 3.05) is 7.05 Å². The van der Waals surface area contributed by atoms with E-state index in [2.05, 4.69) is 18.9 Å². The van der Waals surface area contributed by atoms with Gasteiger partial charge in [-0.1, -0.05) is 24.9 Å². The summed E-state index contributed by atoms with van der Waals surface area (Å²) >= 11 is 5.99. The zero-order chi connectivity index (χ0) is 13.8. The summed E-state index contributed by atoms with van der Waals surface area (Å²) in [5, 5.41) is 10.6. The van der Waals surface area contributed by atoms with Gasteiger partial charge in [0.1, 0.15) is 5.75 Å². The highest BCUT2D eigenvalue weighted by Gasteiger charge is 2.23. The van der Waals surface area contributed by atoms with Crippen molar-refractivity contribution >= 4 is 11.6 Å². The van der Waals surface area contributed by atoms with E-state index in [4.69, 9.17) is 11.6 Å². The van der Waals surface area contributed by atoms with E-state index < -0.39 is 0 Å². The van der Waals surface area contributed by atoms with Crippen LogP contribution in [0.25, 0.3) is 0 Å². The fourth-order valence-electron chi connectivity index (χ4n) is 3.07. The molecular formula is C16H24ClNO. The number of nitrogens with zero attached hydrogens (tertiary/aromatic N) is 1. The molecule has 0 heterocycles. The van der Waals surface area contributed by atoms with E-state index >= 15 is 0 Å². The third-order valence-electron chi connectivity index (χ3n) is 4.48. The van der Waals surface area contributed by atoms with E-state index in [9.17, 15) is 5.11 Å². The predicted molar refractivity (Wildman–Crippen MR) is 80.6 cm³/mol. The van der Waals surface area contributed by atoms with Crippen LogP contribution in [0.2, 0.25) is 5.02 Å². The summed E-state index contributed by atoms with van der Waals surface area (Å²) in [7, 11) is 2.15. The molecule has 19 heavy (non-hydrogen) atoms. The lowest BCUT2D eigenvalue weighted by atomic mass is 9.84. The molecule has 2 rings (SSSR count). The van der Waals surface area contributed by atoms with Crippen LogP contribution in [0.3, 0.4) is 0 Å². The fraction of sp³-hybridized carbons (Fsp3) is 0.625. The molecule has 0 bridgehead atoms. The Morgan fingerprint density at radius 1 is 1.26 bits per heavy atom. The normalized spacial score (nSPS) is 23.8. The molecule has 0 saturated heterocycles. The summed E-state index contributed by atoms with van der Waals surface area (Å²) in [6.07, 6.45) is 6.54. The molecule has 0 aromatic heterocycles. The van der Waals surface area contributed by atoms with Gasteiger partial charge in [0, 0.05) is 23.2 Å². The van der Waals surface area contributed by atoms with Gasteiger partial charge in [-0.3, -0.25) is 4.90 Å². The standard InChI is InChI=1S/C16H24ClNO/c1-3-12-4-7-15(8-5-12)18(2)11-13-10-14(17)6-9-16(13)19/h6,9-10,12,15,19H,3-5,7-8,11H2,1-2H3. The van der Waals surface area contributed by atoms with E-state index in [-0.39, 0.29) is 0 Å². The van der Waals surface area contributed by atoms with Gasteiger partial charge in [0.15, 0.2) is 0 Å². The first-order valence-electron chi connectivity index (χ1n) is 7.27. The number of hydrogen-bond donors (Lipinski definition) is 1. The van der Waals surface area contributed by atoms with Gasteiger partial charge >= 0.3 is 0 Å². The lowest BCUT2D eigenvalue weighted by Crippen LogP contribution is -2.34. The summed E-state index contributed by atoms with van der Waals surface area (Å²) in [5.41, 5.74) is 0.924. The molecule has 1 aromatic rings. The summed E-state index contributed by atoms with van der Waals surface area (Å²) < 4.78 is 0. The number of phenols is 1. The first-order valence-corrected chi connectivity index (χ1v) is 7.65. The molecule has 0 radical (unpaired) electrons. The molecule has 1 aromatic carbocycles. The first kappa shape index (κ1) is 14.7.